The third-order valence-corrected chi connectivity index (χ3v) is 10.8. The zero-order chi connectivity index (χ0) is 32.2. The molecule has 1 N–H and O–H groups in total. The largest absolute Gasteiger partial charge is 0.338 e. The molecule has 0 aliphatic carbocycles. The van der Waals surface area contributed by atoms with Crippen LogP contribution in [0.5, 0.6) is 0 Å². The van der Waals surface area contributed by atoms with Gasteiger partial charge < -0.3 is 19.7 Å². The SMILES string of the molecule is CC(=O)N1CCc2c(c(N3CCCc4cc(-c5cnn(C)c5)c(C(F)F)cc43)nn2C2CCn3c(cnc3CC3CCNCC3)C2)C1. The molecule has 0 bridgehead atoms. The zero-order valence-electron chi connectivity index (χ0n) is 27.3. The quantitative estimate of drug-likeness (QED) is 0.313. The van der Waals surface area contributed by atoms with E-state index in [1.807, 2.05) is 11.0 Å². The Balaban J connectivity index is 1.15. The van der Waals surface area contributed by atoms with Crippen LogP contribution in [0.1, 0.15) is 79.0 Å². The molecule has 1 atom stereocenters. The number of hydrogen-bond donors (Lipinski definition) is 1. The number of aryl methyl sites for hydroxylation is 2. The first-order valence-electron chi connectivity index (χ1n) is 17.1. The summed E-state index contributed by atoms with van der Waals surface area (Å²) in [5, 5.41) is 13.0. The minimum absolute atomic E-state index is 0.00292. The van der Waals surface area contributed by atoms with Crippen molar-refractivity contribution in [3.05, 3.63) is 64.6 Å². The van der Waals surface area contributed by atoms with Gasteiger partial charge in [-0.25, -0.2) is 13.8 Å². The van der Waals surface area contributed by atoms with Crippen LogP contribution in [0.2, 0.25) is 0 Å². The number of fused-ring (bicyclic) bond motifs is 3. The molecule has 1 fully saturated rings. The molecule has 4 aliphatic heterocycles. The molecular weight excluding hydrogens is 600 g/mol. The van der Waals surface area contributed by atoms with Gasteiger partial charge >= 0.3 is 0 Å². The lowest BCUT2D eigenvalue weighted by Crippen LogP contribution is -2.36. The van der Waals surface area contributed by atoms with Gasteiger partial charge in [0.2, 0.25) is 5.91 Å². The molecule has 7 heterocycles. The van der Waals surface area contributed by atoms with Crippen molar-refractivity contribution in [3.63, 3.8) is 0 Å². The van der Waals surface area contributed by atoms with Crippen molar-refractivity contribution in [2.24, 2.45) is 13.0 Å². The molecule has 10 nitrogen and oxygen atoms in total. The molecule has 4 aromatic rings. The van der Waals surface area contributed by atoms with E-state index in [1.165, 1.54) is 30.1 Å². The minimum atomic E-state index is -2.63. The van der Waals surface area contributed by atoms with Gasteiger partial charge in [-0.1, -0.05) is 0 Å². The molecule has 1 amide bonds. The van der Waals surface area contributed by atoms with Crippen LogP contribution < -0.4 is 10.2 Å². The maximum atomic E-state index is 14.6. The monoisotopic (exact) mass is 643 g/mol. The lowest BCUT2D eigenvalue weighted by Gasteiger charge is -2.33. The van der Waals surface area contributed by atoms with Crippen LogP contribution in [-0.2, 0) is 50.6 Å². The molecule has 3 aromatic heterocycles. The topological polar surface area (TPSA) is 89.0 Å². The fourth-order valence-electron chi connectivity index (χ4n) is 8.30. The molecule has 1 saturated heterocycles. The second-order valence-corrected chi connectivity index (χ2v) is 13.8. The molecule has 1 unspecified atom stereocenters. The van der Waals surface area contributed by atoms with E-state index in [0.29, 0.717) is 36.7 Å². The Bertz CT molecular complexity index is 1800. The average Bonchev–Trinajstić information content (AvgIpc) is 3.80. The van der Waals surface area contributed by atoms with Gasteiger partial charge in [-0.05, 0) is 74.4 Å². The van der Waals surface area contributed by atoms with E-state index in [0.717, 1.165) is 80.8 Å². The molecule has 47 heavy (non-hydrogen) atoms. The van der Waals surface area contributed by atoms with Gasteiger partial charge in [-0.3, -0.25) is 14.2 Å². The maximum Gasteiger partial charge on any atom is 0.264 e. The number of alkyl halides is 2. The van der Waals surface area contributed by atoms with E-state index in [4.69, 9.17) is 10.1 Å². The van der Waals surface area contributed by atoms with E-state index in [9.17, 15) is 13.6 Å². The maximum absolute atomic E-state index is 14.6. The summed E-state index contributed by atoms with van der Waals surface area (Å²) in [4.78, 5) is 21.5. The molecule has 0 radical (unpaired) electrons. The van der Waals surface area contributed by atoms with Crippen molar-refractivity contribution in [3.8, 4) is 11.1 Å². The van der Waals surface area contributed by atoms with Crippen molar-refractivity contribution < 1.29 is 13.6 Å². The Morgan fingerprint density at radius 2 is 1.94 bits per heavy atom. The summed E-state index contributed by atoms with van der Waals surface area (Å²) in [6.07, 6.45) is 10.5. The van der Waals surface area contributed by atoms with Crippen LogP contribution in [0, 0.1) is 5.92 Å². The van der Waals surface area contributed by atoms with Crippen molar-refractivity contribution in [1.82, 2.24) is 39.3 Å². The van der Waals surface area contributed by atoms with E-state index >= 15 is 0 Å². The third-order valence-electron chi connectivity index (χ3n) is 10.8. The van der Waals surface area contributed by atoms with Crippen molar-refractivity contribution in [2.45, 2.75) is 83.8 Å². The number of carbonyl (C=O) groups excluding carboxylic acids is 1. The highest BCUT2D eigenvalue weighted by Gasteiger charge is 2.35. The van der Waals surface area contributed by atoms with Crippen molar-refractivity contribution >= 4 is 17.4 Å². The highest BCUT2D eigenvalue weighted by molar-refractivity contribution is 5.78. The number of nitrogens with zero attached hydrogens (tertiary/aromatic N) is 8. The lowest BCUT2D eigenvalue weighted by atomic mass is 9.92. The lowest BCUT2D eigenvalue weighted by molar-refractivity contribution is -0.129. The number of imidazole rings is 1. The summed E-state index contributed by atoms with van der Waals surface area (Å²) in [5.74, 6) is 2.73. The van der Waals surface area contributed by atoms with Crippen LogP contribution in [0.4, 0.5) is 20.3 Å². The number of piperidine rings is 1. The summed E-state index contributed by atoms with van der Waals surface area (Å²) in [6.45, 7) is 6.51. The number of carbonyl (C=O) groups is 1. The number of aromatic nitrogens is 6. The average molecular weight is 644 g/mol. The van der Waals surface area contributed by atoms with Gasteiger partial charge in [0.05, 0.1) is 18.8 Å². The third kappa shape index (κ3) is 5.54. The predicted octanol–water partition coefficient (Wildman–Crippen LogP) is 5.14. The summed E-state index contributed by atoms with van der Waals surface area (Å²) in [6, 6.07) is 3.77. The van der Waals surface area contributed by atoms with Crippen LogP contribution in [0.3, 0.4) is 0 Å². The van der Waals surface area contributed by atoms with Crippen molar-refractivity contribution in [1.29, 1.82) is 0 Å². The summed E-state index contributed by atoms with van der Waals surface area (Å²) in [5.41, 5.74) is 6.51. The van der Waals surface area contributed by atoms with Crippen LogP contribution in [-0.4, -0.2) is 66.1 Å². The molecule has 12 heteroatoms. The Kier molecular flexibility index (Phi) is 7.85. The number of halogens is 2. The molecule has 0 spiro atoms. The molecular formula is C35H43F2N9O. The van der Waals surface area contributed by atoms with Gasteiger partial charge in [-0.15, -0.1) is 0 Å². The molecule has 4 aliphatic rings. The second kappa shape index (κ2) is 12.2. The Morgan fingerprint density at radius 1 is 1.09 bits per heavy atom. The molecule has 248 valence electrons. The van der Waals surface area contributed by atoms with Gasteiger partial charge in [-0.2, -0.15) is 10.2 Å². The number of nitrogens with one attached hydrogen (secondary N) is 1. The van der Waals surface area contributed by atoms with E-state index in [2.05, 4.69) is 30.8 Å². The summed E-state index contributed by atoms with van der Waals surface area (Å²) >= 11 is 0. The smallest absolute Gasteiger partial charge is 0.264 e. The van der Waals surface area contributed by atoms with E-state index in [-0.39, 0.29) is 17.5 Å². The second-order valence-electron chi connectivity index (χ2n) is 13.8. The fourth-order valence-corrected chi connectivity index (χ4v) is 8.30. The summed E-state index contributed by atoms with van der Waals surface area (Å²) < 4.78 is 35.5. The Labute approximate surface area is 273 Å². The Morgan fingerprint density at radius 3 is 2.70 bits per heavy atom. The van der Waals surface area contributed by atoms with E-state index in [1.54, 1.807) is 37.1 Å². The highest BCUT2D eigenvalue weighted by Crippen LogP contribution is 2.44. The van der Waals surface area contributed by atoms with E-state index < -0.39 is 6.43 Å². The first-order valence-corrected chi connectivity index (χ1v) is 17.1. The predicted molar refractivity (Wildman–Crippen MR) is 175 cm³/mol. The number of amides is 1. The van der Waals surface area contributed by atoms with Crippen LogP contribution in [0.25, 0.3) is 11.1 Å². The Hall–Kier alpha value is -4.06. The molecule has 8 rings (SSSR count). The van der Waals surface area contributed by atoms with Gasteiger partial charge in [0.25, 0.3) is 6.43 Å². The van der Waals surface area contributed by atoms with Gasteiger partial charge in [0.15, 0.2) is 5.82 Å². The standard InChI is InChI=1S/C35H43F2N9O/c1-22(47)43-12-8-31-30(21-43)35(41-46(31)26-7-13-44-27(16-26)19-39-33(44)14-23-5-9-38-10-6-23)45-11-3-4-24-15-28(25-18-40-42(2)20-25)29(34(36)37)17-32(24)45/h15,17-20,23,26,34,38H,3-14,16,21H2,1-2H3. The van der Waals surface area contributed by atoms with Crippen molar-refractivity contribution in [2.75, 3.05) is 31.1 Å². The first-order chi connectivity index (χ1) is 22.8. The van der Waals surface area contributed by atoms with Gasteiger partial charge in [0.1, 0.15) is 5.82 Å². The van der Waals surface area contributed by atoms with Crippen LogP contribution >= 0.6 is 0 Å². The number of hydrogen-bond acceptors (Lipinski definition) is 6. The first kappa shape index (κ1) is 30.3. The zero-order valence-corrected chi connectivity index (χ0v) is 27.3. The summed E-state index contributed by atoms with van der Waals surface area (Å²) in [7, 11) is 1.80. The number of benzene rings is 1. The molecule has 1 aromatic carbocycles. The van der Waals surface area contributed by atoms with Gasteiger partial charge in [0, 0.05) is 99.0 Å². The number of anilines is 2. The highest BCUT2D eigenvalue weighted by atomic mass is 19.3. The number of rotatable bonds is 6. The minimum Gasteiger partial charge on any atom is -0.338 e. The molecule has 0 saturated carbocycles. The normalized spacial score (nSPS) is 20.0. The van der Waals surface area contributed by atoms with Crippen LogP contribution in [0.15, 0.2) is 30.7 Å². The fraction of sp³-hybridized carbons (Fsp3) is 0.543.